The van der Waals surface area contributed by atoms with Crippen molar-refractivity contribution in [2.75, 3.05) is 7.11 Å². The highest BCUT2D eigenvalue weighted by molar-refractivity contribution is 6.19. The van der Waals surface area contributed by atoms with Crippen LogP contribution in [0, 0.1) is 0 Å². The quantitative estimate of drug-likeness (QED) is 0.260. The number of benzene rings is 5. The first-order chi connectivity index (χ1) is 11.8. The molecule has 0 aromatic heterocycles. The van der Waals surface area contributed by atoms with Crippen molar-refractivity contribution in [2.24, 2.45) is 0 Å². The highest BCUT2D eigenvalue weighted by Crippen LogP contribution is 2.34. The van der Waals surface area contributed by atoms with Crippen molar-refractivity contribution in [3.8, 4) is 5.75 Å². The van der Waals surface area contributed by atoms with Crippen LogP contribution >= 0.6 is 0 Å². The van der Waals surface area contributed by atoms with E-state index in [4.69, 9.17) is 4.74 Å². The highest BCUT2D eigenvalue weighted by Gasteiger charge is 2.06. The molecule has 5 aromatic carbocycles. The predicted octanol–water partition coefficient (Wildman–Crippen LogP) is 6.31. The monoisotopic (exact) mass is 308 g/mol. The maximum atomic E-state index is 5.35. The average Bonchev–Trinajstić information content (AvgIpc) is 2.65. The largest absolute Gasteiger partial charge is 0.497 e. The summed E-state index contributed by atoms with van der Waals surface area (Å²) in [4.78, 5) is 0. The third kappa shape index (κ3) is 1.88. The van der Waals surface area contributed by atoms with E-state index in [9.17, 15) is 0 Å². The molecule has 0 radical (unpaired) electrons. The third-order valence-electron chi connectivity index (χ3n) is 4.91. The van der Waals surface area contributed by atoms with E-state index in [0.717, 1.165) is 5.75 Å². The summed E-state index contributed by atoms with van der Waals surface area (Å²) < 4.78 is 5.35. The van der Waals surface area contributed by atoms with Crippen molar-refractivity contribution >= 4 is 43.1 Å². The van der Waals surface area contributed by atoms with Crippen LogP contribution in [-0.2, 0) is 0 Å². The van der Waals surface area contributed by atoms with E-state index in [2.05, 4.69) is 72.8 Å². The van der Waals surface area contributed by atoms with E-state index in [-0.39, 0.29) is 0 Å². The molecule has 0 amide bonds. The molecule has 0 aliphatic heterocycles. The Bertz CT molecular complexity index is 1230. The summed E-state index contributed by atoms with van der Waals surface area (Å²) in [6.07, 6.45) is 0. The second kappa shape index (κ2) is 4.97. The molecule has 0 spiro atoms. The van der Waals surface area contributed by atoms with Crippen LogP contribution in [0.2, 0.25) is 0 Å². The second-order valence-corrected chi connectivity index (χ2v) is 6.23. The molecule has 0 saturated carbocycles. The van der Waals surface area contributed by atoms with Gasteiger partial charge in [0.1, 0.15) is 5.75 Å². The Balaban J connectivity index is 1.93. The van der Waals surface area contributed by atoms with Crippen LogP contribution in [0.3, 0.4) is 0 Å². The standard InChI is InChI=1S/C23H16O/c1-24-19-8-11-20-18(13-19)7-10-22-21(20)9-6-17-12-15-4-2-3-5-16(15)14-23(17)22/h2-14H,1H3. The Morgan fingerprint density at radius 2 is 1.12 bits per heavy atom. The lowest BCUT2D eigenvalue weighted by Gasteiger charge is -2.10. The zero-order valence-corrected chi connectivity index (χ0v) is 13.4. The molecule has 0 aliphatic rings. The maximum absolute atomic E-state index is 5.35. The van der Waals surface area contributed by atoms with Gasteiger partial charge in [-0.05, 0) is 67.4 Å². The Morgan fingerprint density at radius 1 is 0.500 bits per heavy atom. The molecule has 0 N–H and O–H groups in total. The van der Waals surface area contributed by atoms with Gasteiger partial charge in [-0.1, -0.05) is 54.6 Å². The predicted molar refractivity (Wildman–Crippen MR) is 103 cm³/mol. The molecule has 0 saturated heterocycles. The lowest BCUT2D eigenvalue weighted by molar-refractivity contribution is 0.415. The van der Waals surface area contributed by atoms with Crippen LogP contribution in [0.15, 0.2) is 78.9 Å². The van der Waals surface area contributed by atoms with Crippen molar-refractivity contribution in [2.45, 2.75) is 0 Å². The van der Waals surface area contributed by atoms with Crippen molar-refractivity contribution in [1.29, 1.82) is 0 Å². The van der Waals surface area contributed by atoms with E-state index in [0.29, 0.717) is 0 Å². The van der Waals surface area contributed by atoms with Gasteiger partial charge in [0.25, 0.3) is 0 Å². The van der Waals surface area contributed by atoms with Gasteiger partial charge in [-0.15, -0.1) is 0 Å². The summed E-state index contributed by atoms with van der Waals surface area (Å²) in [7, 11) is 1.71. The van der Waals surface area contributed by atoms with Gasteiger partial charge in [0.15, 0.2) is 0 Å². The molecule has 5 rings (SSSR count). The molecule has 0 heterocycles. The summed E-state index contributed by atoms with van der Waals surface area (Å²) >= 11 is 0. The Morgan fingerprint density at radius 3 is 1.88 bits per heavy atom. The van der Waals surface area contributed by atoms with E-state index < -0.39 is 0 Å². The Labute approximate surface area is 140 Å². The van der Waals surface area contributed by atoms with Gasteiger partial charge in [0.05, 0.1) is 7.11 Å². The first kappa shape index (κ1) is 13.4. The third-order valence-corrected chi connectivity index (χ3v) is 4.91. The number of ether oxygens (including phenoxy) is 1. The zero-order valence-electron chi connectivity index (χ0n) is 13.4. The summed E-state index contributed by atoms with van der Waals surface area (Å²) in [6.45, 7) is 0. The zero-order chi connectivity index (χ0) is 16.1. The SMILES string of the molecule is COc1ccc2c(ccc3c4cc5ccccc5cc4ccc23)c1. The molecule has 114 valence electrons. The molecule has 0 aliphatic carbocycles. The van der Waals surface area contributed by atoms with E-state index in [1.54, 1.807) is 7.11 Å². The lowest BCUT2D eigenvalue weighted by Crippen LogP contribution is -1.84. The summed E-state index contributed by atoms with van der Waals surface area (Å²) in [6, 6.07) is 28.3. The van der Waals surface area contributed by atoms with Crippen LogP contribution in [0.25, 0.3) is 43.1 Å². The topological polar surface area (TPSA) is 9.23 Å². The van der Waals surface area contributed by atoms with Crippen LogP contribution in [0.1, 0.15) is 0 Å². The number of hydrogen-bond acceptors (Lipinski definition) is 1. The minimum Gasteiger partial charge on any atom is -0.497 e. The molecule has 0 atom stereocenters. The highest BCUT2D eigenvalue weighted by atomic mass is 16.5. The smallest absolute Gasteiger partial charge is 0.119 e. The van der Waals surface area contributed by atoms with Crippen LogP contribution in [0.4, 0.5) is 0 Å². The molecule has 5 aromatic rings. The minimum atomic E-state index is 0.897. The lowest BCUT2D eigenvalue weighted by atomic mass is 9.95. The Hall–Kier alpha value is -3.06. The first-order valence-corrected chi connectivity index (χ1v) is 8.15. The number of hydrogen-bond donors (Lipinski definition) is 0. The fraction of sp³-hybridized carbons (Fsp3) is 0.0435. The summed E-state index contributed by atoms with van der Waals surface area (Å²) in [5.74, 6) is 0.897. The maximum Gasteiger partial charge on any atom is 0.119 e. The molecular weight excluding hydrogens is 292 g/mol. The van der Waals surface area contributed by atoms with Gasteiger partial charge in [-0.3, -0.25) is 0 Å². The summed E-state index contributed by atoms with van der Waals surface area (Å²) in [5, 5.41) is 10.2. The molecule has 0 bridgehead atoms. The van der Waals surface area contributed by atoms with E-state index >= 15 is 0 Å². The normalized spacial score (nSPS) is 11.5. The molecule has 24 heavy (non-hydrogen) atoms. The van der Waals surface area contributed by atoms with E-state index in [1.807, 2.05) is 6.07 Å². The molecule has 1 nitrogen and oxygen atoms in total. The van der Waals surface area contributed by atoms with Crippen LogP contribution in [-0.4, -0.2) is 7.11 Å². The molecule has 1 heteroatoms. The van der Waals surface area contributed by atoms with Gasteiger partial charge in [0, 0.05) is 0 Å². The average molecular weight is 308 g/mol. The van der Waals surface area contributed by atoms with Gasteiger partial charge in [0.2, 0.25) is 0 Å². The van der Waals surface area contributed by atoms with Gasteiger partial charge >= 0.3 is 0 Å². The van der Waals surface area contributed by atoms with Gasteiger partial charge < -0.3 is 4.74 Å². The van der Waals surface area contributed by atoms with Crippen molar-refractivity contribution < 1.29 is 4.74 Å². The van der Waals surface area contributed by atoms with Crippen molar-refractivity contribution in [1.82, 2.24) is 0 Å². The fourth-order valence-electron chi connectivity index (χ4n) is 3.68. The fourth-order valence-corrected chi connectivity index (χ4v) is 3.68. The van der Waals surface area contributed by atoms with Crippen molar-refractivity contribution in [3.63, 3.8) is 0 Å². The minimum absolute atomic E-state index is 0.897. The summed E-state index contributed by atoms with van der Waals surface area (Å²) in [5.41, 5.74) is 0. The van der Waals surface area contributed by atoms with Gasteiger partial charge in [-0.25, -0.2) is 0 Å². The number of methoxy groups -OCH3 is 1. The second-order valence-electron chi connectivity index (χ2n) is 6.23. The molecular formula is C23H16O. The van der Waals surface area contributed by atoms with Crippen molar-refractivity contribution in [3.05, 3.63) is 78.9 Å². The molecule has 0 unspecified atom stereocenters. The van der Waals surface area contributed by atoms with Crippen LogP contribution in [0.5, 0.6) is 5.75 Å². The van der Waals surface area contributed by atoms with E-state index in [1.165, 1.54) is 43.1 Å². The van der Waals surface area contributed by atoms with Crippen LogP contribution < -0.4 is 4.74 Å². The molecule has 0 fully saturated rings. The van der Waals surface area contributed by atoms with Gasteiger partial charge in [-0.2, -0.15) is 0 Å². The Kier molecular flexibility index (Phi) is 2.77. The number of rotatable bonds is 1. The number of fused-ring (bicyclic) bond motifs is 6. The first-order valence-electron chi connectivity index (χ1n) is 8.15.